The summed E-state index contributed by atoms with van der Waals surface area (Å²) in [6, 6.07) is 0. The molecule has 0 fully saturated rings. The van der Waals surface area contributed by atoms with Gasteiger partial charge >= 0.3 is 11.2 Å². The fraction of sp³-hybridized carbons (Fsp3) is 0. The molecule has 48 valence electrons. The third-order valence-electron chi connectivity index (χ3n) is 0.363. The molecule has 0 amide bonds. The van der Waals surface area contributed by atoms with Crippen LogP contribution < -0.4 is 5.00 Å². The molecule has 1 atom stereocenters. The van der Waals surface area contributed by atoms with E-state index < -0.39 is 20.2 Å². The number of rotatable bonds is 3. The van der Waals surface area contributed by atoms with Crippen LogP contribution in [0.5, 0.6) is 0 Å². The molecule has 9 heavy (non-hydrogen) atoms. The summed E-state index contributed by atoms with van der Waals surface area (Å²) in [5.74, 6) is -1.10. The van der Waals surface area contributed by atoms with E-state index in [2.05, 4.69) is 16.1 Å². The first-order valence-corrected chi connectivity index (χ1v) is 3.08. The van der Waals surface area contributed by atoms with Crippen LogP contribution in [0.15, 0.2) is 0 Å². The predicted molar refractivity (Wildman–Crippen MR) is 34.2 cm³/mol. The molecular weight excluding hydrogens is 163 g/mol. The maximum Gasteiger partial charge on any atom is 0.395 e. The zero-order chi connectivity index (χ0) is 7.28. The fourth-order valence-corrected chi connectivity index (χ4v) is 0.464. The molecule has 0 bridgehead atoms. The van der Waals surface area contributed by atoms with Gasteiger partial charge in [-0.3, -0.25) is 4.79 Å². The lowest BCUT2D eigenvalue weighted by atomic mass is 10.5. The van der Waals surface area contributed by atoms with Gasteiger partial charge in [0, 0.05) is 0 Å². The minimum Gasteiger partial charge on any atom is -0.426 e. The normalized spacial score (nSPS) is 9.89. The second-order valence-electron chi connectivity index (χ2n) is 0.910. The molecule has 2 radical (unpaired) electrons. The van der Waals surface area contributed by atoms with Gasteiger partial charge in [-0.15, -0.1) is 0 Å². The van der Waals surface area contributed by atoms with Gasteiger partial charge in [-0.1, -0.05) is 0 Å². The van der Waals surface area contributed by atoms with Gasteiger partial charge in [-0.2, -0.15) is 0 Å². The van der Waals surface area contributed by atoms with Gasteiger partial charge in [0.15, 0.2) is 7.98 Å². The Balaban J connectivity index is 3.39. The Morgan fingerprint density at radius 2 is 2.22 bits per heavy atom. The van der Waals surface area contributed by atoms with E-state index in [0.29, 0.717) is 0 Å². The Morgan fingerprint density at radius 3 is 2.56 bits per heavy atom. The molecule has 1 N–H and O–H groups in total. The summed E-state index contributed by atoms with van der Waals surface area (Å²) in [6.07, 6.45) is 0. The quantitative estimate of drug-likeness (QED) is 0.264. The molecule has 0 rings (SSSR count). The first-order chi connectivity index (χ1) is 4.18. The Labute approximate surface area is 59.6 Å². The number of carbonyl (C=O) groups excluding carboxylic acids is 2. The number of hydrogen-bond donors (Lipinski definition) is 1. The molecule has 0 heterocycles. The highest BCUT2D eigenvalue weighted by Crippen LogP contribution is 2.04. The van der Waals surface area contributed by atoms with Crippen LogP contribution in [0.1, 0.15) is 0 Å². The van der Waals surface area contributed by atoms with Gasteiger partial charge in [-0.25, -0.2) is 4.79 Å². The molecule has 0 aromatic rings. The molecule has 0 saturated heterocycles. The molecule has 0 aliphatic rings. The highest BCUT2D eigenvalue weighted by molar-refractivity contribution is 7.32. The highest BCUT2D eigenvalue weighted by atomic mass is 35.5. The first kappa shape index (κ1) is 8.88. The molecule has 0 aromatic heterocycles. The summed E-state index contributed by atoms with van der Waals surface area (Å²) >= 11 is 4.69. The maximum absolute atomic E-state index is 10.1. The Morgan fingerprint density at radius 1 is 1.67 bits per heavy atom. The van der Waals surface area contributed by atoms with Crippen LogP contribution in [0, 0.1) is 0 Å². The van der Waals surface area contributed by atoms with E-state index in [-0.39, 0.29) is 0 Å². The van der Waals surface area contributed by atoms with Gasteiger partial charge in [-0.05, 0) is 11.6 Å². The number of carbonyl (C=O) groups is 2. The Bertz CT molecular complexity index is 131. The lowest BCUT2D eigenvalue weighted by Crippen LogP contribution is -2.08. The van der Waals surface area contributed by atoms with Gasteiger partial charge in [0.05, 0.1) is 0 Å². The minimum absolute atomic E-state index is 0.439. The summed E-state index contributed by atoms with van der Waals surface area (Å²) in [4.78, 5) is 22.0. The number of halogens is 1. The van der Waals surface area contributed by atoms with Crippen molar-refractivity contribution in [2.75, 3.05) is 0 Å². The lowest BCUT2D eigenvalue weighted by molar-refractivity contribution is -0.142. The van der Waals surface area contributed by atoms with Crippen LogP contribution in [0.3, 0.4) is 0 Å². The monoisotopic (exact) mass is 165 g/mol. The molecule has 1 unspecified atom stereocenters. The zero-order valence-electron chi connectivity index (χ0n) is 4.18. The predicted octanol–water partition coefficient (Wildman–Crippen LogP) is -0.523. The average molecular weight is 165 g/mol. The molecule has 4 nitrogen and oxygen atoms in total. The van der Waals surface area contributed by atoms with Crippen LogP contribution >= 0.6 is 20.6 Å². The zero-order valence-corrected chi connectivity index (χ0v) is 5.94. The maximum atomic E-state index is 10.1. The van der Waals surface area contributed by atoms with E-state index in [1.807, 2.05) is 5.00 Å². The second-order valence-corrected chi connectivity index (χ2v) is 1.95. The van der Waals surface area contributed by atoms with Crippen molar-refractivity contribution in [3.05, 3.63) is 0 Å². The van der Waals surface area contributed by atoms with E-state index in [9.17, 15) is 9.59 Å². The van der Waals surface area contributed by atoms with Gasteiger partial charge < -0.3 is 9.52 Å². The van der Waals surface area contributed by atoms with Gasteiger partial charge in [0.2, 0.25) is 0 Å². The summed E-state index contributed by atoms with van der Waals surface area (Å²) in [6.45, 7) is 0. The summed E-state index contributed by atoms with van der Waals surface area (Å²) in [7, 11) is 4.27. The summed E-state index contributed by atoms with van der Waals surface area (Å²) in [5.41, 5.74) is 0. The molecule has 0 aliphatic carbocycles. The standard InChI is InChI=1S/C2H2BClNO3P/c3-5-9-8-2(7)1(4)6/h5,9H. The van der Waals surface area contributed by atoms with E-state index in [1.165, 1.54) is 0 Å². The third-order valence-corrected chi connectivity index (χ3v) is 0.923. The van der Waals surface area contributed by atoms with Crippen LogP contribution in [-0.2, 0) is 14.1 Å². The van der Waals surface area contributed by atoms with Crippen molar-refractivity contribution >= 4 is 39.8 Å². The smallest absolute Gasteiger partial charge is 0.395 e. The summed E-state index contributed by atoms with van der Waals surface area (Å²) in [5, 5.41) is -1.15. The van der Waals surface area contributed by atoms with Crippen molar-refractivity contribution in [1.82, 2.24) is 5.00 Å². The van der Waals surface area contributed by atoms with E-state index in [0.717, 1.165) is 0 Å². The Kier molecular flexibility index (Phi) is 4.67. The van der Waals surface area contributed by atoms with E-state index in [1.54, 1.807) is 0 Å². The van der Waals surface area contributed by atoms with E-state index >= 15 is 0 Å². The van der Waals surface area contributed by atoms with Crippen molar-refractivity contribution in [1.29, 1.82) is 0 Å². The molecule has 7 heteroatoms. The van der Waals surface area contributed by atoms with Crippen molar-refractivity contribution in [3.63, 3.8) is 0 Å². The summed E-state index contributed by atoms with van der Waals surface area (Å²) < 4.78 is 4.12. The second kappa shape index (κ2) is 4.73. The highest BCUT2D eigenvalue weighted by Gasteiger charge is 2.09. The molecular formula is C2H2BClNO3P. The Hall–Kier alpha value is -0.115. The minimum atomic E-state index is -1.15. The van der Waals surface area contributed by atoms with Gasteiger partial charge in [0.1, 0.15) is 8.96 Å². The van der Waals surface area contributed by atoms with Crippen molar-refractivity contribution in [2.24, 2.45) is 0 Å². The van der Waals surface area contributed by atoms with Crippen LogP contribution in [0.25, 0.3) is 0 Å². The van der Waals surface area contributed by atoms with Crippen LogP contribution in [0.2, 0.25) is 0 Å². The molecule has 0 saturated carbocycles. The molecule has 0 aromatic carbocycles. The molecule has 0 spiro atoms. The van der Waals surface area contributed by atoms with Crippen molar-refractivity contribution in [2.45, 2.75) is 0 Å². The first-order valence-electron chi connectivity index (χ1n) is 1.79. The average Bonchev–Trinajstić information content (AvgIpc) is 1.82. The van der Waals surface area contributed by atoms with Crippen LogP contribution in [-0.4, -0.2) is 19.2 Å². The van der Waals surface area contributed by atoms with Crippen molar-refractivity contribution in [3.8, 4) is 0 Å². The van der Waals surface area contributed by atoms with Gasteiger partial charge in [0.25, 0.3) is 0 Å². The van der Waals surface area contributed by atoms with Crippen LogP contribution in [0.4, 0.5) is 0 Å². The SMILES string of the molecule is [B]NPOC(=O)C(=O)Cl. The van der Waals surface area contributed by atoms with Crippen molar-refractivity contribution < 1.29 is 14.1 Å². The lowest BCUT2D eigenvalue weighted by Gasteiger charge is -1.96. The molecule has 0 aliphatic heterocycles. The largest absolute Gasteiger partial charge is 0.426 e. The van der Waals surface area contributed by atoms with E-state index in [4.69, 9.17) is 7.98 Å². The number of nitrogens with one attached hydrogen (secondary N) is 1. The number of hydrogen-bond acceptors (Lipinski definition) is 4. The fourth-order valence-electron chi connectivity index (χ4n) is 0.116. The topological polar surface area (TPSA) is 55.4 Å². The third kappa shape index (κ3) is 4.39.